The minimum absolute atomic E-state index is 0.408. The fourth-order valence-electron chi connectivity index (χ4n) is 1.66. The number of hydrogen-bond donors (Lipinski definition) is 0. The number of carbonyl (C=O) groups is 2. The standard InChI is InChI=1S/C14H18O3/c1-3-4-5-7-11-8-6-9-12(10-11)13(15)14(16)17-2/h6,8-10H,3-5,7H2,1-2H3. The minimum atomic E-state index is -0.810. The van der Waals surface area contributed by atoms with Crippen molar-refractivity contribution in [2.75, 3.05) is 7.11 Å². The van der Waals surface area contributed by atoms with Crippen molar-refractivity contribution in [3.8, 4) is 0 Å². The van der Waals surface area contributed by atoms with Gasteiger partial charge in [0.15, 0.2) is 0 Å². The van der Waals surface area contributed by atoms with Crippen molar-refractivity contribution in [1.29, 1.82) is 0 Å². The number of hydrogen-bond acceptors (Lipinski definition) is 3. The van der Waals surface area contributed by atoms with Gasteiger partial charge in [-0.25, -0.2) is 4.79 Å². The number of aryl methyl sites for hydroxylation is 1. The lowest BCUT2D eigenvalue weighted by atomic mass is 10.0. The molecule has 3 heteroatoms. The molecule has 0 amide bonds. The third-order valence-electron chi connectivity index (χ3n) is 2.63. The average molecular weight is 234 g/mol. The van der Waals surface area contributed by atoms with Crippen LogP contribution in [0.1, 0.15) is 42.1 Å². The highest BCUT2D eigenvalue weighted by Crippen LogP contribution is 2.10. The van der Waals surface area contributed by atoms with Crippen LogP contribution < -0.4 is 0 Å². The SMILES string of the molecule is CCCCCc1cccc(C(=O)C(=O)OC)c1. The van der Waals surface area contributed by atoms with Crippen molar-refractivity contribution in [2.24, 2.45) is 0 Å². The minimum Gasteiger partial charge on any atom is -0.463 e. The Bertz CT molecular complexity index is 396. The number of Topliss-reactive ketones (excluding diaryl/α,β-unsaturated/α-hetero) is 1. The molecule has 0 fully saturated rings. The Morgan fingerprint density at radius 1 is 1.24 bits per heavy atom. The van der Waals surface area contributed by atoms with Crippen molar-refractivity contribution < 1.29 is 14.3 Å². The van der Waals surface area contributed by atoms with E-state index in [1.165, 1.54) is 20.0 Å². The van der Waals surface area contributed by atoms with Gasteiger partial charge in [-0.15, -0.1) is 0 Å². The third-order valence-corrected chi connectivity index (χ3v) is 2.63. The second-order valence-electron chi connectivity index (χ2n) is 3.98. The molecule has 92 valence electrons. The van der Waals surface area contributed by atoms with Gasteiger partial charge in [-0.1, -0.05) is 38.0 Å². The van der Waals surface area contributed by atoms with E-state index in [1.807, 2.05) is 6.07 Å². The van der Waals surface area contributed by atoms with E-state index in [-0.39, 0.29) is 0 Å². The molecule has 0 saturated heterocycles. The third kappa shape index (κ3) is 4.02. The molecule has 0 bridgehead atoms. The van der Waals surface area contributed by atoms with Crippen LogP contribution in [0.2, 0.25) is 0 Å². The van der Waals surface area contributed by atoms with Crippen LogP contribution in [0.5, 0.6) is 0 Å². The van der Waals surface area contributed by atoms with E-state index in [1.54, 1.807) is 18.2 Å². The van der Waals surface area contributed by atoms with Gasteiger partial charge in [0.2, 0.25) is 0 Å². The molecule has 0 aromatic heterocycles. The second-order valence-corrected chi connectivity index (χ2v) is 3.98. The number of methoxy groups -OCH3 is 1. The molecule has 0 saturated carbocycles. The topological polar surface area (TPSA) is 43.4 Å². The van der Waals surface area contributed by atoms with Crippen LogP contribution in [0.25, 0.3) is 0 Å². The molecule has 3 nitrogen and oxygen atoms in total. The molecule has 17 heavy (non-hydrogen) atoms. The maximum Gasteiger partial charge on any atom is 0.379 e. The highest BCUT2D eigenvalue weighted by molar-refractivity contribution is 6.40. The van der Waals surface area contributed by atoms with Gasteiger partial charge in [-0.2, -0.15) is 0 Å². The molecule has 0 heterocycles. The maximum atomic E-state index is 11.6. The first kappa shape index (κ1) is 13.4. The van der Waals surface area contributed by atoms with Crippen LogP contribution in [0, 0.1) is 0 Å². The Balaban J connectivity index is 2.71. The van der Waals surface area contributed by atoms with Crippen molar-refractivity contribution >= 4 is 11.8 Å². The summed E-state index contributed by atoms with van der Waals surface area (Å²) in [5.74, 6) is -1.39. The van der Waals surface area contributed by atoms with Gasteiger partial charge in [0.05, 0.1) is 7.11 Å². The lowest BCUT2D eigenvalue weighted by Crippen LogP contribution is -2.15. The quantitative estimate of drug-likeness (QED) is 0.329. The average Bonchev–Trinajstić information content (AvgIpc) is 2.37. The van der Waals surface area contributed by atoms with Crippen LogP contribution in [0.4, 0.5) is 0 Å². The number of ketones is 1. The number of carbonyl (C=O) groups excluding carboxylic acids is 2. The molecule has 0 atom stereocenters. The summed E-state index contributed by atoms with van der Waals surface area (Å²) in [6, 6.07) is 7.19. The Kier molecular flexibility index (Phi) is 5.40. The molecule has 0 aliphatic heterocycles. The van der Waals surface area contributed by atoms with E-state index >= 15 is 0 Å². The Morgan fingerprint density at radius 2 is 2.00 bits per heavy atom. The lowest BCUT2D eigenvalue weighted by molar-refractivity contribution is -0.135. The smallest absolute Gasteiger partial charge is 0.379 e. The van der Waals surface area contributed by atoms with Gasteiger partial charge in [0.25, 0.3) is 5.78 Å². The summed E-state index contributed by atoms with van der Waals surface area (Å²) in [5, 5.41) is 0. The molecule has 0 aliphatic rings. The van der Waals surface area contributed by atoms with E-state index in [0.717, 1.165) is 18.4 Å². The van der Waals surface area contributed by atoms with Crippen LogP contribution >= 0.6 is 0 Å². The summed E-state index contributed by atoms with van der Waals surface area (Å²) < 4.78 is 4.42. The summed E-state index contributed by atoms with van der Waals surface area (Å²) >= 11 is 0. The second kappa shape index (κ2) is 6.84. The van der Waals surface area contributed by atoms with E-state index in [4.69, 9.17) is 0 Å². The molecule has 1 rings (SSSR count). The van der Waals surface area contributed by atoms with Crippen LogP contribution in [-0.2, 0) is 16.0 Å². The Morgan fingerprint density at radius 3 is 2.65 bits per heavy atom. The zero-order valence-corrected chi connectivity index (χ0v) is 10.4. The van der Waals surface area contributed by atoms with Crippen molar-refractivity contribution in [3.63, 3.8) is 0 Å². The van der Waals surface area contributed by atoms with Crippen LogP contribution in [-0.4, -0.2) is 18.9 Å². The van der Waals surface area contributed by atoms with Crippen molar-refractivity contribution in [2.45, 2.75) is 32.6 Å². The molecule has 0 spiro atoms. The lowest BCUT2D eigenvalue weighted by Gasteiger charge is -2.03. The van der Waals surface area contributed by atoms with Crippen molar-refractivity contribution in [3.05, 3.63) is 35.4 Å². The Labute approximate surface area is 102 Å². The first-order chi connectivity index (χ1) is 8.19. The number of benzene rings is 1. The summed E-state index contributed by atoms with van der Waals surface area (Å²) in [5.41, 5.74) is 1.50. The summed E-state index contributed by atoms with van der Waals surface area (Å²) in [7, 11) is 1.21. The van der Waals surface area contributed by atoms with Gasteiger partial charge in [0, 0.05) is 5.56 Å². The molecule has 0 unspecified atom stereocenters. The predicted octanol–water partition coefficient (Wildman–Crippen LogP) is 2.78. The highest BCUT2D eigenvalue weighted by atomic mass is 16.5. The van der Waals surface area contributed by atoms with Gasteiger partial charge >= 0.3 is 5.97 Å². The van der Waals surface area contributed by atoms with Crippen LogP contribution in [0.3, 0.4) is 0 Å². The first-order valence-electron chi connectivity index (χ1n) is 5.90. The summed E-state index contributed by atoms with van der Waals surface area (Å²) in [4.78, 5) is 22.7. The molecule has 0 radical (unpaired) electrons. The zero-order chi connectivity index (χ0) is 12.7. The molecule has 0 aliphatic carbocycles. The number of unbranched alkanes of at least 4 members (excludes halogenated alkanes) is 2. The summed E-state index contributed by atoms with van der Waals surface area (Å²) in [6.07, 6.45) is 4.39. The van der Waals surface area contributed by atoms with E-state index in [0.29, 0.717) is 5.56 Å². The fourth-order valence-corrected chi connectivity index (χ4v) is 1.66. The predicted molar refractivity (Wildman–Crippen MR) is 66.0 cm³/mol. The molecular formula is C14H18O3. The van der Waals surface area contributed by atoms with Gasteiger partial charge in [0.1, 0.15) is 0 Å². The van der Waals surface area contributed by atoms with Crippen molar-refractivity contribution in [1.82, 2.24) is 0 Å². The summed E-state index contributed by atoms with van der Waals surface area (Å²) in [6.45, 7) is 2.15. The van der Waals surface area contributed by atoms with E-state index in [2.05, 4.69) is 11.7 Å². The Hall–Kier alpha value is -1.64. The maximum absolute atomic E-state index is 11.6. The number of ether oxygens (including phenoxy) is 1. The van der Waals surface area contributed by atoms with E-state index in [9.17, 15) is 9.59 Å². The van der Waals surface area contributed by atoms with Crippen LogP contribution in [0.15, 0.2) is 24.3 Å². The molecule has 1 aromatic rings. The normalized spacial score (nSPS) is 10.0. The molecule has 1 aromatic carbocycles. The number of rotatable bonds is 6. The van der Waals surface area contributed by atoms with Gasteiger partial charge < -0.3 is 4.74 Å². The monoisotopic (exact) mass is 234 g/mol. The molecule has 0 N–H and O–H groups in total. The van der Waals surface area contributed by atoms with Gasteiger partial charge in [-0.05, 0) is 24.5 Å². The van der Waals surface area contributed by atoms with Gasteiger partial charge in [-0.3, -0.25) is 4.79 Å². The largest absolute Gasteiger partial charge is 0.463 e. The number of esters is 1. The fraction of sp³-hybridized carbons (Fsp3) is 0.429. The highest BCUT2D eigenvalue weighted by Gasteiger charge is 2.16. The van der Waals surface area contributed by atoms with E-state index < -0.39 is 11.8 Å². The molecular weight excluding hydrogens is 216 g/mol. The zero-order valence-electron chi connectivity index (χ0n) is 10.4. The first-order valence-corrected chi connectivity index (χ1v) is 5.90.